The largest absolute Gasteiger partial charge is 0.481 e. The average molecular weight is 336 g/mol. The van der Waals surface area contributed by atoms with Crippen LogP contribution in [0.25, 0.3) is 0 Å². The van der Waals surface area contributed by atoms with Gasteiger partial charge in [0.05, 0.1) is 20.3 Å². The zero-order valence-corrected chi connectivity index (χ0v) is 15.5. The number of hydrogen-bond donors (Lipinski definition) is 0. The first-order chi connectivity index (χ1) is 11.3. The summed E-state index contributed by atoms with van der Waals surface area (Å²) in [5.74, 6) is 1.67. The van der Waals surface area contributed by atoms with Crippen molar-refractivity contribution in [1.82, 2.24) is 14.9 Å². The fourth-order valence-corrected chi connectivity index (χ4v) is 2.89. The maximum absolute atomic E-state index is 12.5. The quantitative estimate of drug-likeness (QED) is 0.837. The SMILES string of the molecule is COc1cc(OC)nc(N2CCCC(N(C)C(=O)C(C)(C)C)C2)n1. The van der Waals surface area contributed by atoms with Crippen molar-refractivity contribution < 1.29 is 14.3 Å². The number of piperidine rings is 1. The molecule has 0 N–H and O–H groups in total. The summed E-state index contributed by atoms with van der Waals surface area (Å²) < 4.78 is 10.4. The number of amides is 1. The van der Waals surface area contributed by atoms with Gasteiger partial charge in [0.25, 0.3) is 0 Å². The van der Waals surface area contributed by atoms with Crippen molar-refractivity contribution in [3.8, 4) is 11.8 Å². The van der Waals surface area contributed by atoms with E-state index in [9.17, 15) is 4.79 Å². The summed E-state index contributed by atoms with van der Waals surface area (Å²) in [4.78, 5) is 25.3. The van der Waals surface area contributed by atoms with Crippen molar-refractivity contribution in [3.05, 3.63) is 6.07 Å². The van der Waals surface area contributed by atoms with Gasteiger partial charge in [-0.1, -0.05) is 20.8 Å². The van der Waals surface area contributed by atoms with E-state index >= 15 is 0 Å². The molecule has 1 atom stereocenters. The number of aromatic nitrogens is 2. The van der Waals surface area contributed by atoms with Crippen LogP contribution in [0.4, 0.5) is 5.95 Å². The van der Waals surface area contributed by atoms with Gasteiger partial charge in [-0.05, 0) is 12.8 Å². The number of hydrogen-bond acceptors (Lipinski definition) is 6. The van der Waals surface area contributed by atoms with E-state index in [0.717, 1.165) is 19.4 Å². The van der Waals surface area contributed by atoms with Crippen LogP contribution in [0.3, 0.4) is 0 Å². The molecule has 0 aromatic carbocycles. The highest BCUT2D eigenvalue weighted by Crippen LogP contribution is 2.26. The maximum Gasteiger partial charge on any atom is 0.232 e. The van der Waals surface area contributed by atoms with Crippen molar-refractivity contribution in [1.29, 1.82) is 0 Å². The van der Waals surface area contributed by atoms with Crippen molar-refractivity contribution in [2.75, 3.05) is 39.3 Å². The van der Waals surface area contributed by atoms with Crippen LogP contribution in [0.15, 0.2) is 6.07 Å². The van der Waals surface area contributed by atoms with Gasteiger partial charge in [-0.2, -0.15) is 9.97 Å². The molecular formula is C17H28N4O3. The fourth-order valence-electron chi connectivity index (χ4n) is 2.89. The van der Waals surface area contributed by atoms with Gasteiger partial charge in [0, 0.05) is 31.6 Å². The summed E-state index contributed by atoms with van der Waals surface area (Å²) in [7, 11) is 5.02. The van der Waals surface area contributed by atoms with Gasteiger partial charge in [-0.15, -0.1) is 0 Å². The molecule has 1 aromatic rings. The summed E-state index contributed by atoms with van der Waals surface area (Å²) in [6, 6.07) is 1.80. The van der Waals surface area contributed by atoms with E-state index in [1.165, 1.54) is 0 Å². The van der Waals surface area contributed by atoms with Crippen LogP contribution in [0.2, 0.25) is 0 Å². The Bertz CT molecular complexity index is 563. The van der Waals surface area contributed by atoms with Gasteiger partial charge in [0.15, 0.2) is 0 Å². The second kappa shape index (κ2) is 7.23. The van der Waals surface area contributed by atoms with E-state index in [0.29, 0.717) is 24.3 Å². The third kappa shape index (κ3) is 4.07. The summed E-state index contributed by atoms with van der Waals surface area (Å²) in [5, 5.41) is 0. The van der Waals surface area contributed by atoms with Gasteiger partial charge in [0.2, 0.25) is 23.6 Å². The summed E-state index contributed by atoms with van der Waals surface area (Å²) in [6.07, 6.45) is 1.96. The highest BCUT2D eigenvalue weighted by molar-refractivity contribution is 5.81. The number of carbonyl (C=O) groups is 1. The molecule has 1 aliphatic rings. The van der Waals surface area contributed by atoms with E-state index in [1.807, 2.05) is 32.7 Å². The summed E-state index contributed by atoms with van der Waals surface area (Å²) in [5.41, 5.74) is -0.382. The number of anilines is 1. The number of ether oxygens (including phenoxy) is 2. The Kier molecular flexibility index (Phi) is 5.51. The highest BCUT2D eigenvalue weighted by atomic mass is 16.5. The lowest BCUT2D eigenvalue weighted by molar-refractivity contribution is -0.140. The molecule has 0 aliphatic carbocycles. The molecule has 0 radical (unpaired) electrons. The zero-order chi connectivity index (χ0) is 17.9. The zero-order valence-electron chi connectivity index (χ0n) is 15.5. The third-order valence-electron chi connectivity index (χ3n) is 4.27. The van der Waals surface area contributed by atoms with Crippen LogP contribution < -0.4 is 14.4 Å². The van der Waals surface area contributed by atoms with Crippen LogP contribution in [-0.4, -0.2) is 61.2 Å². The fraction of sp³-hybridized carbons (Fsp3) is 0.706. The smallest absolute Gasteiger partial charge is 0.232 e. The van der Waals surface area contributed by atoms with Gasteiger partial charge in [-0.25, -0.2) is 0 Å². The van der Waals surface area contributed by atoms with E-state index in [-0.39, 0.29) is 17.4 Å². The van der Waals surface area contributed by atoms with Gasteiger partial charge in [0.1, 0.15) is 0 Å². The number of likely N-dealkylation sites (N-methyl/N-ethyl adjacent to an activating group) is 1. The molecule has 2 rings (SSSR count). The van der Waals surface area contributed by atoms with Crippen molar-refractivity contribution in [2.45, 2.75) is 39.7 Å². The molecule has 1 amide bonds. The van der Waals surface area contributed by atoms with Crippen molar-refractivity contribution >= 4 is 11.9 Å². The molecule has 134 valence electrons. The Morgan fingerprint density at radius 1 is 1.25 bits per heavy atom. The monoisotopic (exact) mass is 336 g/mol. The first kappa shape index (κ1) is 18.3. The molecule has 1 aromatic heterocycles. The predicted molar refractivity (Wildman–Crippen MR) is 92.6 cm³/mol. The van der Waals surface area contributed by atoms with E-state index in [4.69, 9.17) is 9.47 Å². The van der Waals surface area contributed by atoms with Crippen LogP contribution >= 0.6 is 0 Å². The highest BCUT2D eigenvalue weighted by Gasteiger charge is 2.32. The molecule has 1 unspecified atom stereocenters. The van der Waals surface area contributed by atoms with Crippen LogP contribution in [0, 0.1) is 5.41 Å². The Morgan fingerprint density at radius 2 is 1.83 bits per heavy atom. The first-order valence-electron chi connectivity index (χ1n) is 8.25. The second-order valence-corrected chi connectivity index (χ2v) is 7.16. The molecule has 7 heteroatoms. The van der Waals surface area contributed by atoms with E-state index in [2.05, 4.69) is 14.9 Å². The predicted octanol–water partition coefficient (Wildman–Crippen LogP) is 1.97. The Labute approximate surface area is 144 Å². The molecule has 0 spiro atoms. The number of methoxy groups -OCH3 is 2. The second-order valence-electron chi connectivity index (χ2n) is 7.16. The molecule has 1 fully saturated rings. The molecular weight excluding hydrogens is 308 g/mol. The maximum atomic E-state index is 12.5. The molecule has 1 saturated heterocycles. The van der Waals surface area contributed by atoms with E-state index < -0.39 is 0 Å². The molecule has 0 saturated carbocycles. The summed E-state index contributed by atoms with van der Waals surface area (Å²) >= 11 is 0. The minimum Gasteiger partial charge on any atom is -0.481 e. The molecule has 2 heterocycles. The normalized spacial score (nSPS) is 18.2. The van der Waals surface area contributed by atoms with Crippen molar-refractivity contribution in [3.63, 3.8) is 0 Å². The lowest BCUT2D eigenvalue weighted by Gasteiger charge is -2.39. The van der Waals surface area contributed by atoms with E-state index in [1.54, 1.807) is 20.3 Å². The lowest BCUT2D eigenvalue weighted by Crippen LogP contribution is -2.51. The number of carbonyl (C=O) groups excluding carboxylic acids is 1. The van der Waals surface area contributed by atoms with Gasteiger partial charge >= 0.3 is 0 Å². The Hall–Kier alpha value is -2.05. The van der Waals surface area contributed by atoms with Crippen LogP contribution in [0.5, 0.6) is 11.8 Å². The van der Waals surface area contributed by atoms with Crippen LogP contribution in [-0.2, 0) is 4.79 Å². The first-order valence-corrected chi connectivity index (χ1v) is 8.25. The molecule has 24 heavy (non-hydrogen) atoms. The molecule has 0 bridgehead atoms. The van der Waals surface area contributed by atoms with Gasteiger partial charge in [-0.3, -0.25) is 4.79 Å². The average Bonchev–Trinajstić information content (AvgIpc) is 2.59. The summed E-state index contributed by atoms with van der Waals surface area (Å²) in [6.45, 7) is 7.40. The third-order valence-corrected chi connectivity index (χ3v) is 4.27. The minimum atomic E-state index is -0.382. The molecule has 7 nitrogen and oxygen atoms in total. The number of nitrogens with zero attached hydrogens (tertiary/aromatic N) is 4. The molecule has 1 aliphatic heterocycles. The standard InChI is InChI=1S/C17H28N4O3/c1-17(2,3)15(22)20(4)12-8-7-9-21(11-12)16-18-13(23-5)10-14(19-16)24-6/h10,12H,7-9,11H2,1-6H3. The van der Waals surface area contributed by atoms with Gasteiger partial charge < -0.3 is 19.3 Å². The minimum absolute atomic E-state index is 0.145. The Morgan fingerprint density at radius 3 is 2.33 bits per heavy atom. The van der Waals surface area contributed by atoms with Crippen LogP contribution in [0.1, 0.15) is 33.6 Å². The Balaban J connectivity index is 2.17. The number of rotatable bonds is 4. The lowest BCUT2D eigenvalue weighted by atomic mass is 9.93. The topological polar surface area (TPSA) is 67.8 Å². The van der Waals surface area contributed by atoms with Crippen molar-refractivity contribution in [2.24, 2.45) is 5.41 Å².